The lowest BCUT2D eigenvalue weighted by atomic mass is 9.96. The van der Waals surface area contributed by atoms with Gasteiger partial charge in [0.25, 0.3) is 5.95 Å². The average Bonchev–Trinajstić information content (AvgIpc) is 3.35. The number of rotatable bonds is 4. The number of esters is 1. The zero-order valence-corrected chi connectivity index (χ0v) is 22.6. The van der Waals surface area contributed by atoms with Gasteiger partial charge in [-0.1, -0.05) is 59.4 Å². The minimum Gasteiger partial charge on any atom is -0.493 e. The number of hydrogen-bond acceptors (Lipinski definition) is 8. The summed E-state index contributed by atoms with van der Waals surface area (Å²) in [6.07, 6.45) is 1.93. The van der Waals surface area contributed by atoms with Crippen molar-refractivity contribution in [1.82, 2.24) is 10.1 Å². The molecule has 8 heteroatoms. The molecule has 0 radical (unpaired) electrons. The Labute approximate surface area is 230 Å². The fraction of sp³-hybridized carbons (Fsp3) is 0.516. The van der Waals surface area contributed by atoms with Crippen LogP contribution in [-0.2, 0) is 22.4 Å². The van der Waals surface area contributed by atoms with Crippen LogP contribution in [0.2, 0.25) is 0 Å². The summed E-state index contributed by atoms with van der Waals surface area (Å²) in [6, 6.07) is 12.5. The van der Waals surface area contributed by atoms with E-state index in [1.165, 1.54) is 29.4 Å². The second kappa shape index (κ2) is 9.57. The van der Waals surface area contributed by atoms with E-state index < -0.39 is 0 Å². The smallest absolute Gasteiger partial charge is 0.309 e. The number of carbonyl (C=O) groups is 1. The van der Waals surface area contributed by atoms with Gasteiger partial charge in [-0.05, 0) is 39.2 Å². The summed E-state index contributed by atoms with van der Waals surface area (Å²) >= 11 is 0. The summed E-state index contributed by atoms with van der Waals surface area (Å²) in [6.45, 7) is 10.3. The maximum Gasteiger partial charge on any atom is 0.309 e. The lowest BCUT2D eigenvalue weighted by Gasteiger charge is -2.07. The van der Waals surface area contributed by atoms with Crippen molar-refractivity contribution in [3.05, 3.63) is 64.5 Å². The van der Waals surface area contributed by atoms with Gasteiger partial charge in [-0.15, -0.1) is 0 Å². The molecule has 4 atom stereocenters. The molecule has 0 amide bonds. The number of carbonyl (C=O) groups excluding carboxylic acids is 1. The van der Waals surface area contributed by atoms with E-state index in [9.17, 15) is 4.79 Å². The predicted octanol–water partition coefficient (Wildman–Crippen LogP) is 5.66. The minimum absolute atomic E-state index is 0. The zero-order valence-electron chi connectivity index (χ0n) is 22.6. The second-order valence-electron chi connectivity index (χ2n) is 11.9. The van der Waals surface area contributed by atoms with Crippen molar-refractivity contribution >= 4 is 11.9 Å². The molecule has 4 aliphatic rings. The third-order valence-electron chi connectivity index (χ3n) is 9.06. The zero-order chi connectivity index (χ0) is 26.8. The van der Waals surface area contributed by atoms with E-state index in [2.05, 4.69) is 56.0 Å². The van der Waals surface area contributed by atoms with Crippen LogP contribution in [0, 0.1) is 16.7 Å². The molecule has 0 spiro atoms. The first-order chi connectivity index (χ1) is 18.2. The predicted molar refractivity (Wildman–Crippen MR) is 148 cm³/mol. The van der Waals surface area contributed by atoms with Crippen molar-refractivity contribution in [1.29, 1.82) is 0 Å². The summed E-state index contributed by atoms with van der Waals surface area (Å²) in [4.78, 5) is 16.0. The SMILES string of the molecule is C.CC1(C)[C@H](c2nc(N)no2)[C@H]1c1cccc2c1CCO2.COC(=O)[C@@H]1[C@@H](c2cccc3c2CCO3)C1(C)C. The maximum absolute atomic E-state index is 11.8. The molecule has 0 unspecified atom stereocenters. The van der Waals surface area contributed by atoms with Crippen molar-refractivity contribution in [3.63, 3.8) is 0 Å². The molecule has 0 bridgehead atoms. The Morgan fingerprint density at radius 1 is 0.897 bits per heavy atom. The third-order valence-corrected chi connectivity index (χ3v) is 9.06. The number of nitrogen functional groups attached to an aromatic ring is 1. The van der Waals surface area contributed by atoms with Gasteiger partial charge in [0.2, 0.25) is 5.89 Å². The van der Waals surface area contributed by atoms with E-state index in [4.69, 9.17) is 24.5 Å². The van der Waals surface area contributed by atoms with Crippen molar-refractivity contribution in [2.45, 2.75) is 65.7 Å². The number of benzene rings is 2. The van der Waals surface area contributed by atoms with Crippen molar-refractivity contribution in [2.24, 2.45) is 16.7 Å². The lowest BCUT2D eigenvalue weighted by molar-refractivity contribution is -0.143. The van der Waals surface area contributed by atoms with Gasteiger partial charge < -0.3 is 24.5 Å². The van der Waals surface area contributed by atoms with Gasteiger partial charge in [0.05, 0.1) is 32.2 Å². The van der Waals surface area contributed by atoms with E-state index in [0.717, 1.165) is 37.6 Å². The summed E-state index contributed by atoms with van der Waals surface area (Å²) in [5, 5.41) is 3.71. The fourth-order valence-electron chi connectivity index (χ4n) is 6.92. The molecule has 39 heavy (non-hydrogen) atoms. The molecule has 7 rings (SSSR count). The van der Waals surface area contributed by atoms with Crippen LogP contribution in [0.1, 0.15) is 81.0 Å². The number of methoxy groups -OCH3 is 1. The van der Waals surface area contributed by atoms with E-state index in [1.54, 1.807) is 0 Å². The Morgan fingerprint density at radius 3 is 1.97 bits per heavy atom. The van der Waals surface area contributed by atoms with Crippen LogP contribution < -0.4 is 15.2 Å². The van der Waals surface area contributed by atoms with Gasteiger partial charge in [0.1, 0.15) is 11.5 Å². The number of nitrogens with zero attached hydrogens (tertiary/aromatic N) is 2. The molecule has 3 aromatic rings. The number of hydrogen-bond donors (Lipinski definition) is 1. The van der Waals surface area contributed by atoms with E-state index in [0.29, 0.717) is 11.8 Å². The molecule has 3 heterocycles. The molecule has 2 fully saturated rings. The van der Waals surface area contributed by atoms with Crippen LogP contribution in [0.15, 0.2) is 40.9 Å². The molecule has 2 N–H and O–H groups in total. The largest absolute Gasteiger partial charge is 0.493 e. The summed E-state index contributed by atoms with van der Waals surface area (Å²) in [5.41, 5.74) is 10.9. The normalized spacial score (nSPS) is 26.0. The van der Waals surface area contributed by atoms with Crippen LogP contribution in [0.3, 0.4) is 0 Å². The highest BCUT2D eigenvalue weighted by molar-refractivity contribution is 5.79. The molecular formula is C31H39N3O5. The number of fused-ring (bicyclic) bond motifs is 2. The first kappa shape index (κ1) is 27.0. The standard InChI is InChI=1S/C15H17N3O2.C15H18O3.CH4/c1-15(2)11(12(15)13-17-14(16)18-20-13)9-4-3-5-10-8(9)6-7-19-10;1-15(2)12(13(15)14(16)17-3)10-5-4-6-11-9(10)7-8-18-11;/h3-5,11-12H,6-7H2,1-2H3,(H2,16,18);4-6,12-13H,7-8H2,1-3H3;1H4/t11-,12+;12-,13+;/m11./s1. The van der Waals surface area contributed by atoms with Crippen LogP contribution in [-0.4, -0.2) is 36.4 Å². The number of anilines is 1. The topological polar surface area (TPSA) is 110 Å². The van der Waals surface area contributed by atoms with E-state index in [1.807, 2.05) is 18.2 Å². The Morgan fingerprint density at radius 2 is 1.46 bits per heavy atom. The first-order valence-electron chi connectivity index (χ1n) is 13.3. The molecule has 0 saturated heterocycles. The van der Waals surface area contributed by atoms with Crippen molar-refractivity contribution in [3.8, 4) is 11.5 Å². The average molecular weight is 534 g/mol. The molecule has 8 nitrogen and oxygen atoms in total. The Hall–Kier alpha value is -3.55. The van der Waals surface area contributed by atoms with Crippen LogP contribution >= 0.6 is 0 Å². The molecule has 2 aromatic carbocycles. The van der Waals surface area contributed by atoms with Gasteiger partial charge in [0.15, 0.2) is 0 Å². The van der Waals surface area contributed by atoms with Gasteiger partial charge in [0, 0.05) is 35.8 Å². The second-order valence-corrected chi connectivity index (χ2v) is 11.9. The number of aromatic nitrogens is 2. The third kappa shape index (κ3) is 4.34. The highest BCUT2D eigenvalue weighted by Gasteiger charge is 2.64. The molecule has 2 aliphatic heterocycles. The Balaban J connectivity index is 0.000000155. The molecule has 2 aliphatic carbocycles. The van der Waals surface area contributed by atoms with E-state index >= 15 is 0 Å². The fourth-order valence-corrected chi connectivity index (χ4v) is 6.92. The lowest BCUT2D eigenvalue weighted by Crippen LogP contribution is -2.07. The minimum atomic E-state index is -0.0958. The highest BCUT2D eigenvalue weighted by Crippen LogP contribution is 2.70. The number of ether oxygens (including phenoxy) is 3. The monoisotopic (exact) mass is 533 g/mol. The van der Waals surface area contributed by atoms with Crippen LogP contribution in [0.25, 0.3) is 0 Å². The summed E-state index contributed by atoms with van der Waals surface area (Å²) < 4.78 is 21.4. The summed E-state index contributed by atoms with van der Waals surface area (Å²) in [7, 11) is 1.46. The first-order valence-corrected chi connectivity index (χ1v) is 13.3. The van der Waals surface area contributed by atoms with E-state index in [-0.39, 0.29) is 47.9 Å². The highest BCUT2D eigenvalue weighted by atomic mass is 16.5. The quantitative estimate of drug-likeness (QED) is 0.428. The molecule has 1 aromatic heterocycles. The summed E-state index contributed by atoms with van der Waals surface area (Å²) in [5.74, 6) is 3.64. The Bertz CT molecular complexity index is 1390. The van der Waals surface area contributed by atoms with Gasteiger partial charge in [-0.25, -0.2) is 0 Å². The van der Waals surface area contributed by atoms with Gasteiger partial charge in [-0.3, -0.25) is 4.79 Å². The maximum atomic E-state index is 11.8. The van der Waals surface area contributed by atoms with Gasteiger partial charge >= 0.3 is 5.97 Å². The van der Waals surface area contributed by atoms with Crippen molar-refractivity contribution < 1.29 is 23.5 Å². The van der Waals surface area contributed by atoms with Crippen molar-refractivity contribution in [2.75, 3.05) is 26.1 Å². The number of nitrogens with two attached hydrogens (primary N) is 1. The van der Waals surface area contributed by atoms with Crippen LogP contribution in [0.4, 0.5) is 5.95 Å². The van der Waals surface area contributed by atoms with Gasteiger partial charge in [-0.2, -0.15) is 4.98 Å². The Kier molecular flexibility index (Phi) is 6.64. The molecule has 2 saturated carbocycles. The molecule has 208 valence electrons. The van der Waals surface area contributed by atoms with Crippen LogP contribution in [0.5, 0.6) is 11.5 Å². The molecular weight excluding hydrogens is 494 g/mol.